The molecule has 1 aromatic heterocycles. The quantitative estimate of drug-likeness (QED) is 0.903. The third-order valence-corrected chi connectivity index (χ3v) is 2.83. The molecule has 102 valence electrons. The van der Waals surface area contributed by atoms with Gasteiger partial charge in [0, 0.05) is 42.2 Å². The number of methoxy groups -OCH3 is 2. The van der Waals surface area contributed by atoms with Crippen LogP contribution in [0.3, 0.4) is 0 Å². The minimum atomic E-state index is 0.426. The average Bonchev–Trinajstić information content (AvgIpc) is 2.52. The zero-order valence-electron chi connectivity index (χ0n) is 11.4. The number of anilines is 1. The molecule has 2 aromatic rings. The summed E-state index contributed by atoms with van der Waals surface area (Å²) in [5.74, 6) is 1.41. The molecule has 1 N–H and O–H groups in total. The molecule has 5 nitrogen and oxygen atoms in total. The van der Waals surface area contributed by atoms with Crippen molar-refractivity contribution in [2.24, 2.45) is 0 Å². The summed E-state index contributed by atoms with van der Waals surface area (Å²) in [6.07, 6.45) is 1.61. The molecule has 0 spiro atoms. The molecule has 0 aliphatic carbocycles. The van der Waals surface area contributed by atoms with Crippen molar-refractivity contribution in [1.82, 2.24) is 4.98 Å². The van der Waals surface area contributed by atoms with Crippen LogP contribution in [-0.4, -0.2) is 19.2 Å². The predicted molar refractivity (Wildman–Crippen MR) is 75.8 cm³/mol. The van der Waals surface area contributed by atoms with Gasteiger partial charge in [-0.25, -0.2) is 4.98 Å². The average molecular weight is 269 g/mol. The van der Waals surface area contributed by atoms with Gasteiger partial charge in [-0.05, 0) is 6.07 Å². The lowest BCUT2D eigenvalue weighted by Crippen LogP contribution is -2.03. The van der Waals surface area contributed by atoms with E-state index in [0.717, 1.165) is 11.3 Å². The number of nitrogens with zero attached hydrogens (tertiary/aromatic N) is 2. The molecule has 2 rings (SSSR count). The van der Waals surface area contributed by atoms with Crippen LogP contribution in [0.1, 0.15) is 11.3 Å². The van der Waals surface area contributed by atoms with Crippen LogP contribution >= 0.6 is 0 Å². The summed E-state index contributed by atoms with van der Waals surface area (Å²) < 4.78 is 10.4. The highest BCUT2D eigenvalue weighted by molar-refractivity contribution is 5.54. The van der Waals surface area contributed by atoms with E-state index in [-0.39, 0.29) is 0 Å². The Morgan fingerprint density at radius 3 is 2.50 bits per heavy atom. The molecule has 0 fully saturated rings. The summed E-state index contributed by atoms with van der Waals surface area (Å²) in [5.41, 5.74) is 2.13. The third kappa shape index (κ3) is 3.18. The molecule has 0 saturated carbocycles. The molecule has 0 amide bonds. The van der Waals surface area contributed by atoms with Gasteiger partial charge in [0.15, 0.2) is 0 Å². The number of rotatable bonds is 5. The first-order valence-corrected chi connectivity index (χ1v) is 6.07. The Kier molecular flexibility index (Phi) is 4.40. The molecule has 0 unspecified atom stereocenters. The van der Waals surface area contributed by atoms with Gasteiger partial charge in [-0.15, -0.1) is 0 Å². The van der Waals surface area contributed by atoms with E-state index in [0.29, 0.717) is 23.7 Å². The van der Waals surface area contributed by atoms with Crippen molar-refractivity contribution < 1.29 is 9.47 Å². The van der Waals surface area contributed by atoms with Crippen LogP contribution in [0.15, 0.2) is 36.5 Å². The third-order valence-electron chi connectivity index (χ3n) is 2.83. The van der Waals surface area contributed by atoms with Gasteiger partial charge < -0.3 is 14.8 Å². The lowest BCUT2D eigenvalue weighted by Gasteiger charge is -2.11. The van der Waals surface area contributed by atoms with E-state index < -0.39 is 0 Å². The van der Waals surface area contributed by atoms with Crippen molar-refractivity contribution in [1.29, 1.82) is 5.26 Å². The van der Waals surface area contributed by atoms with Crippen LogP contribution < -0.4 is 14.8 Å². The van der Waals surface area contributed by atoms with E-state index in [1.807, 2.05) is 24.3 Å². The molecule has 0 atom stereocenters. The maximum atomic E-state index is 9.00. The SMILES string of the molecule is COc1cc(NCc2cccnc2C#N)cc(OC)c1. The van der Waals surface area contributed by atoms with E-state index in [1.54, 1.807) is 26.5 Å². The van der Waals surface area contributed by atoms with Crippen LogP contribution in [-0.2, 0) is 6.54 Å². The van der Waals surface area contributed by atoms with E-state index in [2.05, 4.69) is 16.4 Å². The number of hydrogen-bond donors (Lipinski definition) is 1. The Balaban J connectivity index is 2.16. The number of hydrogen-bond acceptors (Lipinski definition) is 5. The van der Waals surface area contributed by atoms with Crippen LogP contribution in [0.4, 0.5) is 5.69 Å². The minimum Gasteiger partial charge on any atom is -0.497 e. The molecule has 0 aliphatic heterocycles. The van der Waals surface area contributed by atoms with Crippen LogP contribution in [0.25, 0.3) is 0 Å². The summed E-state index contributed by atoms with van der Waals surface area (Å²) in [7, 11) is 3.21. The first kappa shape index (κ1) is 13.7. The highest BCUT2D eigenvalue weighted by Gasteiger charge is 2.04. The standard InChI is InChI=1S/C15H15N3O2/c1-19-13-6-12(7-14(8-13)20-2)18-10-11-4-3-5-17-15(11)9-16/h3-8,18H,10H2,1-2H3. The van der Waals surface area contributed by atoms with Crippen molar-refractivity contribution >= 4 is 5.69 Å². The number of pyridine rings is 1. The van der Waals surface area contributed by atoms with E-state index in [4.69, 9.17) is 14.7 Å². The van der Waals surface area contributed by atoms with Crippen LogP contribution in [0.5, 0.6) is 11.5 Å². The van der Waals surface area contributed by atoms with Crippen molar-refractivity contribution in [3.63, 3.8) is 0 Å². The fourth-order valence-corrected chi connectivity index (χ4v) is 1.79. The fraction of sp³-hybridized carbons (Fsp3) is 0.200. The fourth-order valence-electron chi connectivity index (χ4n) is 1.79. The number of aromatic nitrogens is 1. The molecule has 0 radical (unpaired) electrons. The minimum absolute atomic E-state index is 0.426. The second-order valence-electron chi connectivity index (χ2n) is 4.08. The summed E-state index contributed by atoms with van der Waals surface area (Å²) >= 11 is 0. The molecule has 20 heavy (non-hydrogen) atoms. The molecular weight excluding hydrogens is 254 g/mol. The molecule has 0 bridgehead atoms. The smallest absolute Gasteiger partial charge is 0.145 e. The Hall–Kier alpha value is -2.74. The van der Waals surface area contributed by atoms with Gasteiger partial charge in [0.1, 0.15) is 23.3 Å². The zero-order chi connectivity index (χ0) is 14.4. The Morgan fingerprint density at radius 2 is 1.90 bits per heavy atom. The van der Waals surface area contributed by atoms with Crippen molar-refractivity contribution in [2.45, 2.75) is 6.54 Å². The van der Waals surface area contributed by atoms with Crippen LogP contribution in [0.2, 0.25) is 0 Å². The Morgan fingerprint density at radius 1 is 1.20 bits per heavy atom. The van der Waals surface area contributed by atoms with Crippen LogP contribution in [0, 0.1) is 11.3 Å². The maximum Gasteiger partial charge on any atom is 0.145 e. The summed E-state index contributed by atoms with van der Waals surface area (Å²) in [5, 5.41) is 12.2. The van der Waals surface area contributed by atoms with Gasteiger partial charge in [-0.1, -0.05) is 6.07 Å². The Bertz CT molecular complexity index is 613. The Labute approximate surface area is 117 Å². The lowest BCUT2D eigenvalue weighted by molar-refractivity contribution is 0.394. The highest BCUT2D eigenvalue weighted by Crippen LogP contribution is 2.26. The van der Waals surface area contributed by atoms with Crippen molar-refractivity contribution in [3.8, 4) is 17.6 Å². The second-order valence-corrected chi connectivity index (χ2v) is 4.08. The topological polar surface area (TPSA) is 67.2 Å². The zero-order valence-corrected chi connectivity index (χ0v) is 11.4. The van der Waals surface area contributed by atoms with Crippen molar-refractivity contribution in [2.75, 3.05) is 19.5 Å². The predicted octanol–water partition coefficient (Wildman–Crippen LogP) is 2.58. The largest absolute Gasteiger partial charge is 0.497 e. The lowest BCUT2D eigenvalue weighted by atomic mass is 10.2. The summed E-state index contributed by atoms with van der Waals surface area (Å²) in [6, 6.07) is 11.3. The van der Waals surface area contributed by atoms with Gasteiger partial charge in [0.2, 0.25) is 0 Å². The van der Waals surface area contributed by atoms with E-state index in [9.17, 15) is 0 Å². The molecule has 1 aromatic carbocycles. The van der Waals surface area contributed by atoms with Crippen molar-refractivity contribution in [3.05, 3.63) is 47.8 Å². The van der Waals surface area contributed by atoms with Gasteiger partial charge in [0.25, 0.3) is 0 Å². The van der Waals surface area contributed by atoms with Gasteiger partial charge in [0.05, 0.1) is 14.2 Å². The normalized spacial score (nSPS) is 9.65. The number of nitriles is 1. The van der Waals surface area contributed by atoms with Gasteiger partial charge in [-0.2, -0.15) is 5.26 Å². The van der Waals surface area contributed by atoms with E-state index >= 15 is 0 Å². The summed E-state index contributed by atoms with van der Waals surface area (Å²) in [6.45, 7) is 0.507. The molecule has 5 heteroatoms. The first-order valence-electron chi connectivity index (χ1n) is 6.07. The monoisotopic (exact) mass is 269 g/mol. The van der Waals surface area contributed by atoms with Gasteiger partial charge in [-0.3, -0.25) is 0 Å². The number of nitrogens with one attached hydrogen (secondary N) is 1. The first-order chi connectivity index (χ1) is 9.76. The highest BCUT2D eigenvalue weighted by atomic mass is 16.5. The number of ether oxygens (including phenoxy) is 2. The molecular formula is C15H15N3O2. The molecule has 1 heterocycles. The van der Waals surface area contributed by atoms with E-state index in [1.165, 1.54) is 0 Å². The summed E-state index contributed by atoms with van der Waals surface area (Å²) in [4.78, 5) is 4.03. The molecule has 0 aliphatic rings. The second kappa shape index (κ2) is 6.43. The van der Waals surface area contributed by atoms with Gasteiger partial charge >= 0.3 is 0 Å². The molecule has 0 saturated heterocycles. The maximum absolute atomic E-state index is 9.00. The number of benzene rings is 1.